The molecule has 3 aromatic rings. The third-order valence-electron chi connectivity index (χ3n) is 5.32. The number of methoxy groups -OCH3 is 4. The van der Waals surface area contributed by atoms with E-state index in [1.165, 1.54) is 64.8 Å². The highest BCUT2D eigenvalue weighted by atomic mass is 32.2. The number of nitrogens with two attached hydrogens (primary N) is 2. The van der Waals surface area contributed by atoms with Crippen molar-refractivity contribution in [3.63, 3.8) is 0 Å². The number of benzene rings is 3. The summed E-state index contributed by atoms with van der Waals surface area (Å²) in [4.78, 5) is 11.9. The van der Waals surface area contributed by atoms with Gasteiger partial charge in [-0.2, -0.15) is 0 Å². The summed E-state index contributed by atoms with van der Waals surface area (Å²) in [5, 5.41) is 10.6. The second kappa shape index (κ2) is 11.0. The van der Waals surface area contributed by atoms with E-state index in [2.05, 4.69) is 4.72 Å². The van der Waals surface area contributed by atoms with Gasteiger partial charge in [-0.1, -0.05) is 0 Å². The van der Waals surface area contributed by atoms with Crippen molar-refractivity contribution in [2.75, 3.05) is 44.6 Å². The summed E-state index contributed by atoms with van der Waals surface area (Å²) >= 11 is 0. The fraction of sp³-hybridized carbons (Fsp3) is 0.160. The molecule has 0 atom stereocenters. The summed E-state index contributed by atoms with van der Waals surface area (Å²) in [7, 11) is 1.71. The summed E-state index contributed by atoms with van der Waals surface area (Å²) in [6.07, 6.45) is 1.32. The minimum atomic E-state index is -4.04. The lowest BCUT2D eigenvalue weighted by atomic mass is 9.96. The Bertz CT molecular complexity index is 1440. The number of carboxylic acids is 1. The first-order valence-corrected chi connectivity index (χ1v) is 12.2. The van der Waals surface area contributed by atoms with Crippen LogP contribution in [0.1, 0.15) is 15.9 Å². The van der Waals surface area contributed by atoms with Gasteiger partial charge in [-0.25, -0.2) is 13.2 Å². The number of ether oxygens (including phenoxy) is 4. The van der Waals surface area contributed by atoms with Crippen molar-refractivity contribution in [2.45, 2.75) is 0 Å². The van der Waals surface area contributed by atoms with E-state index in [1.807, 2.05) is 0 Å². The molecule has 3 aromatic carbocycles. The monoisotopic (exact) mass is 529 g/mol. The first-order valence-electron chi connectivity index (χ1n) is 10.6. The van der Waals surface area contributed by atoms with E-state index >= 15 is 0 Å². The lowest BCUT2D eigenvalue weighted by molar-refractivity contribution is 0.0697. The van der Waals surface area contributed by atoms with Crippen molar-refractivity contribution in [1.29, 1.82) is 0 Å². The van der Waals surface area contributed by atoms with E-state index in [0.29, 0.717) is 22.8 Å². The zero-order valence-corrected chi connectivity index (χ0v) is 21.4. The van der Waals surface area contributed by atoms with E-state index < -0.39 is 16.0 Å². The highest BCUT2D eigenvalue weighted by Gasteiger charge is 2.21. The molecule has 0 aliphatic heterocycles. The van der Waals surface area contributed by atoms with Gasteiger partial charge in [0.05, 0.1) is 45.0 Å². The van der Waals surface area contributed by atoms with Crippen LogP contribution in [0.15, 0.2) is 47.9 Å². The van der Waals surface area contributed by atoms with Crippen LogP contribution >= 0.6 is 0 Å². The fourth-order valence-electron chi connectivity index (χ4n) is 3.68. The maximum absolute atomic E-state index is 12.9. The molecule has 0 amide bonds. The highest BCUT2D eigenvalue weighted by Crippen LogP contribution is 2.40. The number of rotatable bonds is 10. The second-order valence-electron chi connectivity index (χ2n) is 7.65. The Morgan fingerprint density at radius 3 is 2.05 bits per heavy atom. The molecule has 6 N–H and O–H groups in total. The first kappa shape index (κ1) is 27.0. The fourth-order valence-corrected chi connectivity index (χ4v) is 4.52. The molecule has 0 saturated carbocycles. The van der Waals surface area contributed by atoms with Crippen LogP contribution in [-0.4, -0.2) is 47.9 Å². The van der Waals surface area contributed by atoms with Gasteiger partial charge in [0, 0.05) is 40.3 Å². The van der Waals surface area contributed by atoms with Crippen LogP contribution in [-0.2, 0) is 10.0 Å². The van der Waals surface area contributed by atoms with Gasteiger partial charge >= 0.3 is 5.97 Å². The minimum Gasteiger partial charge on any atom is -0.496 e. The number of anilines is 3. The van der Waals surface area contributed by atoms with Crippen molar-refractivity contribution in [3.8, 4) is 34.1 Å². The molecular formula is C25H27N3O8S. The summed E-state index contributed by atoms with van der Waals surface area (Å²) in [5.41, 5.74) is 12.9. The number of aromatic carboxylic acids is 1. The SMILES string of the molecule is COc1cc(OC)c(C=CS(=O)(=O)Nc2ccc(OC)c(-c3c(N)cc(N)cc3C(=O)O)c2)c(OC)c1. The molecule has 0 aliphatic rings. The number of hydrogen-bond acceptors (Lipinski definition) is 9. The average Bonchev–Trinajstić information content (AvgIpc) is 2.86. The third kappa shape index (κ3) is 5.98. The van der Waals surface area contributed by atoms with Crippen molar-refractivity contribution in [1.82, 2.24) is 0 Å². The van der Waals surface area contributed by atoms with Crippen molar-refractivity contribution in [2.24, 2.45) is 0 Å². The molecule has 0 aliphatic carbocycles. The Kier molecular flexibility index (Phi) is 8.03. The Hall–Kier alpha value is -4.58. The van der Waals surface area contributed by atoms with Crippen molar-refractivity contribution < 1.29 is 37.3 Å². The Morgan fingerprint density at radius 2 is 1.51 bits per heavy atom. The molecule has 0 radical (unpaired) electrons. The average molecular weight is 530 g/mol. The molecule has 12 heteroatoms. The van der Waals surface area contributed by atoms with E-state index in [4.69, 9.17) is 30.4 Å². The van der Waals surface area contributed by atoms with Crippen LogP contribution in [0.5, 0.6) is 23.0 Å². The summed E-state index contributed by atoms with van der Waals surface area (Å²) < 4.78 is 49.5. The van der Waals surface area contributed by atoms with E-state index in [-0.39, 0.29) is 39.5 Å². The van der Waals surface area contributed by atoms with Gasteiger partial charge in [-0.3, -0.25) is 4.72 Å². The van der Waals surface area contributed by atoms with Crippen molar-refractivity contribution >= 4 is 39.1 Å². The molecule has 0 bridgehead atoms. The summed E-state index contributed by atoms with van der Waals surface area (Å²) in [5.74, 6) is 0.182. The van der Waals surface area contributed by atoms with Gasteiger partial charge in [-0.15, -0.1) is 0 Å². The number of carboxylic acid groups (broad SMARTS) is 1. The molecule has 0 saturated heterocycles. The van der Waals surface area contributed by atoms with Crippen LogP contribution in [0.25, 0.3) is 17.2 Å². The predicted octanol–water partition coefficient (Wildman–Crippen LogP) is 3.66. The molecule has 0 aromatic heterocycles. The second-order valence-corrected chi connectivity index (χ2v) is 9.21. The lowest BCUT2D eigenvalue weighted by Crippen LogP contribution is -2.10. The maximum atomic E-state index is 12.9. The largest absolute Gasteiger partial charge is 0.496 e. The highest BCUT2D eigenvalue weighted by molar-refractivity contribution is 7.95. The van der Waals surface area contributed by atoms with Gasteiger partial charge in [-0.05, 0) is 36.4 Å². The Balaban J connectivity index is 2.03. The quantitative estimate of drug-likeness (QED) is 0.284. The van der Waals surface area contributed by atoms with Gasteiger partial charge in [0.25, 0.3) is 10.0 Å². The summed E-state index contributed by atoms with van der Waals surface area (Å²) in [6.45, 7) is 0. The molecule has 37 heavy (non-hydrogen) atoms. The standard InChI is InChI=1S/C25H27N3O8S/c1-33-16-12-22(35-3)17(23(13-16)36-4)7-8-37(31,32)28-15-5-6-21(34-2)18(11-15)24-19(25(29)30)9-14(26)10-20(24)27/h5-13,28H,26-27H2,1-4H3,(H,29,30). The van der Waals surface area contributed by atoms with Crippen LogP contribution in [0.4, 0.5) is 17.1 Å². The lowest BCUT2D eigenvalue weighted by Gasteiger charge is -2.16. The van der Waals surface area contributed by atoms with Gasteiger partial charge in [0.1, 0.15) is 23.0 Å². The smallest absolute Gasteiger partial charge is 0.336 e. The van der Waals surface area contributed by atoms with E-state index in [0.717, 1.165) is 5.41 Å². The van der Waals surface area contributed by atoms with Crippen LogP contribution in [0.2, 0.25) is 0 Å². The molecule has 0 heterocycles. The Morgan fingerprint density at radius 1 is 0.892 bits per heavy atom. The molecule has 11 nitrogen and oxygen atoms in total. The molecular weight excluding hydrogens is 502 g/mol. The number of carbonyl (C=O) groups is 1. The summed E-state index contributed by atoms with van der Waals surface area (Å²) in [6, 6.07) is 10.3. The van der Waals surface area contributed by atoms with Crippen LogP contribution in [0, 0.1) is 0 Å². The van der Waals surface area contributed by atoms with Gasteiger partial charge < -0.3 is 35.5 Å². The normalized spacial score (nSPS) is 11.2. The van der Waals surface area contributed by atoms with Crippen molar-refractivity contribution in [3.05, 3.63) is 59.0 Å². The number of nitrogen functional groups attached to an aromatic ring is 2. The van der Waals surface area contributed by atoms with Crippen LogP contribution in [0.3, 0.4) is 0 Å². The first-order chi connectivity index (χ1) is 17.5. The zero-order chi connectivity index (χ0) is 27.3. The third-order valence-corrected chi connectivity index (χ3v) is 6.33. The van der Waals surface area contributed by atoms with Gasteiger partial charge in [0.2, 0.25) is 0 Å². The molecule has 0 unspecified atom stereocenters. The van der Waals surface area contributed by atoms with Gasteiger partial charge in [0.15, 0.2) is 0 Å². The molecule has 0 fully saturated rings. The van der Waals surface area contributed by atoms with E-state index in [9.17, 15) is 18.3 Å². The predicted molar refractivity (Wildman–Crippen MR) is 142 cm³/mol. The number of nitrogens with one attached hydrogen (secondary N) is 1. The molecule has 3 rings (SSSR count). The number of hydrogen-bond donors (Lipinski definition) is 4. The Labute approximate surface area is 214 Å². The number of sulfonamides is 1. The maximum Gasteiger partial charge on any atom is 0.336 e. The van der Waals surface area contributed by atoms with Crippen LogP contribution < -0.4 is 35.1 Å². The minimum absolute atomic E-state index is 0.0919. The molecule has 196 valence electrons. The van der Waals surface area contributed by atoms with E-state index in [1.54, 1.807) is 12.1 Å². The molecule has 0 spiro atoms. The zero-order valence-electron chi connectivity index (χ0n) is 20.6. The topological polar surface area (TPSA) is 172 Å².